The molecular weight excluding hydrogens is 363 g/mol. The fraction of sp³-hybridized carbons (Fsp3) is 0.111. The number of hydrogen-bond acceptors (Lipinski definition) is 3. The van der Waals surface area contributed by atoms with Gasteiger partial charge in [-0.3, -0.25) is 9.69 Å². The van der Waals surface area contributed by atoms with Crippen LogP contribution in [0.1, 0.15) is 16.7 Å². The Labute approximate surface area is 154 Å². The highest BCUT2D eigenvalue weighted by Gasteiger charge is 2.33. The van der Waals surface area contributed by atoms with Crippen LogP contribution in [0, 0.1) is 6.92 Å². The average molecular weight is 377 g/mol. The van der Waals surface area contributed by atoms with Crippen molar-refractivity contribution in [2.24, 2.45) is 0 Å². The smallest absolute Gasteiger partial charge is 0.329 e. The molecule has 1 saturated heterocycles. The molecule has 1 aliphatic rings. The number of urea groups is 1. The van der Waals surface area contributed by atoms with Crippen molar-refractivity contribution in [3.05, 3.63) is 68.8 Å². The van der Waals surface area contributed by atoms with E-state index in [1.807, 2.05) is 31.2 Å². The standard InChI is InChI=1S/C18H14Cl2N2O3/c1-10-3-2-4-11(5-10)9-22-17(24)15(21-18(22)25)8-12-6-13(19)16(23)14(20)7-12/h2-8,23H,9H2,1H3,(H,21,25)/b15-8+. The Morgan fingerprint density at radius 3 is 2.48 bits per heavy atom. The number of amides is 3. The van der Waals surface area contributed by atoms with Gasteiger partial charge in [0.15, 0.2) is 5.75 Å². The molecule has 3 amide bonds. The molecule has 0 saturated carbocycles. The van der Waals surface area contributed by atoms with E-state index in [4.69, 9.17) is 23.2 Å². The van der Waals surface area contributed by atoms with Crippen LogP contribution in [0.15, 0.2) is 42.1 Å². The molecule has 0 radical (unpaired) electrons. The average Bonchev–Trinajstić information content (AvgIpc) is 2.80. The van der Waals surface area contributed by atoms with Crippen molar-refractivity contribution < 1.29 is 14.7 Å². The Morgan fingerprint density at radius 1 is 1.16 bits per heavy atom. The molecule has 0 unspecified atom stereocenters. The van der Waals surface area contributed by atoms with Gasteiger partial charge < -0.3 is 10.4 Å². The number of nitrogens with zero attached hydrogens (tertiary/aromatic N) is 1. The molecule has 1 fully saturated rings. The largest absolute Gasteiger partial charge is 0.505 e. The number of imide groups is 1. The number of phenols is 1. The van der Waals surface area contributed by atoms with E-state index < -0.39 is 11.9 Å². The number of benzene rings is 2. The summed E-state index contributed by atoms with van der Waals surface area (Å²) in [4.78, 5) is 25.8. The molecule has 25 heavy (non-hydrogen) atoms. The third kappa shape index (κ3) is 3.62. The third-order valence-corrected chi connectivity index (χ3v) is 4.31. The Hall–Kier alpha value is -2.50. The van der Waals surface area contributed by atoms with Gasteiger partial charge in [-0.1, -0.05) is 53.0 Å². The van der Waals surface area contributed by atoms with E-state index >= 15 is 0 Å². The predicted molar refractivity (Wildman–Crippen MR) is 96.4 cm³/mol. The van der Waals surface area contributed by atoms with Gasteiger partial charge in [0.1, 0.15) is 5.70 Å². The molecule has 3 rings (SSSR count). The summed E-state index contributed by atoms with van der Waals surface area (Å²) in [6.07, 6.45) is 1.47. The van der Waals surface area contributed by atoms with Crippen molar-refractivity contribution in [3.63, 3.8) is 0 Å². The lowest BCUT2D eigenvalue weighted by molar-refractivity contribution is -0.123. The van der Waals surface area contributed by atoms with E-state index in [1.165, 1.54) is 18.2 Å². The van der Waals surface area contributed by atoms with Crippen molar-refractivity contribution in [1.82, 2.24) is 10.2 Å². The number of carbonyl (C=O) groups excluding carboxylic acids is 2. The Bertz CT molecular complexity index is 886. The van der Waals surface area contributed by atoms with Crippen molar-refractivity contribution in [3.8, 4) is 5.75 Å². The van der Waals surface area contributed by atoms with Gasteiger partial charge in [-0.2, -0.15) is 0 Å². The minimum atomic E-state index is -0.492. The van der Waals surface area contributed by atoms with E-state index in [1.54, 1.807) is 0 Å². The topological polar surface area (TPSA) is 69.6 Å². The van der Waals surface area contributed by atoms with Gasteiger partial charge in [0.05, 0.1) is 16.6 Å². The van der Waals surface area contributed by atoms with Gasteiger partial charge >= 0.3 is 6.03 Å². The highest BCUT2D eigenvalue weighted by Crippen LogP contribution is 2.33. The molecule has 0 spiro atoms. The first-order valence-electron chi connectivity index (χ1n) is 7.43. The van der Waals surface area contributed by atoms with Crippen LogP contribution in [0.4, 0.5) is 4.79 Å². The minimum absolute atomic E-state index is 0.0627. The zero-order chi connectivity index (χ0) is 18.1. The van der Waals surface area contributed by atoms with Crippen LogP contribution in [0.3, 0.4) is 0 Å². The zero-order valence-corrected chi connectivity index (χ0v) is 14.7. The molecule has 0 aromatic heterocycles. The summed E-state index contributed by atoms with van der Waals surface area (Å²) in [6.45, 7) is 2.12. The molecule has 2 aromatic rings. The van der Waals surface area contributed by atoms with Gasteiger partial charge in [-0.25, -0.2) is 4.79 Å². The second kappa shape index (κ2) is 6.78. The summed E-state index contributed by atoms with van der Waals surface area (Å²) in [5, 5.41) is 12.3. The zero-order valence-electron chi connectivity index (χ0n) is 13.2. The van der Waals surface area contributed by atoms with Crippen LogP contribution in [0.5, 0.6) is 5.75 Å². The van der Waals surface area contributed by atoms with Crippen LogP contribution in [0.25, 0.3) is 6.08 Å². The number of halogens is 2. The number of aromatic hydroxyl groups is 1. The van der Waals surface area contributed by atoms with Crippen LogP contribution in [-0.2, 0) is 11.3 Å². The van der Waals surface area contributed by atoms with Crippen LogP contribution >= 0.6 is 23.2 Å². The van der Waals surface area contributed by atoms with Gasteiger partial charge in [-0.05, 0) is 36.3 Å². The summed E-state index contributed by atoms with van der Waals surface area (Å²) in [6, 6.07) is 10.0. The molecule has 2 aromatic carbocycles. The summed E-state index contributed by atoms with van der Waals surface area (Å²) < 4.78 is 0. The highest BCUT2D eigenvalue weighted by molar-refractivity contribution is 6.37. The number of carbonyl (C=O) groups is 2. The normalized spacial score (nSPS) is 15.8. The molecule has 5 nitrogen and oxygen atoms in total. The number of aryl methyl sites for hydroxylation is 1. The Balaban J connectivity index is 1.86. The van der Waals surface area contributed by atoms with E-state index in [-0.39, 0.29) is 28.0 Å². The summed E-state index contributed by atoms with van der Waals surface area (Å²) in [5.41, 5.74) is 2.53. The first-order chi connectivity index (χ1) is 11.8. The van der Waals surface area contributed by atoms with Gasteiger partial charge in [0.2, 0.25) is 0 Å². The number of nitrogens with one attached hydrogen (secondary N) is 1. The maximum Gasteiger partial charge on any atom is 0.329 e. The van der Waals surface area contributed by atoms with E-state index in [2.05, 4.69) is 5.32 Å². The fourth-order valence-electron chi connectivity index (χ4n) is 2.54. The van der Waals surface area contributed by atoms with Crippen molar-refractivity contribution in [1.29, 1.82) is 0 Å². The summed E-state index contributed by atoms with van der Waals surface area (Å²) in [5.74, 6) is -0.667. The molecule has 0 atom stereocenters. The van der Waals surface area contributed by atoms with Crippen molar-refractivity contribution in [2.45, 2.75) is 13.5 Å². The maximum absolute atomic E-state index is 12.5. The Kier molecular flexibility index (Phi) is 4.70. The lowest BCUT2D eigenvalue weighted by atomic mass is 10.1. The Morgan fingerprint density at radius 2 is 1.84 bits per heavy atom. The SMILES string of the molecule is Cc1cccc(CN2C(=O)N/C(=C/c3cc(Cl)c(O)c(Cl)c3)C2=O)c1. The lowest BCUT2D eigenvalue weighted by Gasteiger charge is -2.12. The fourth-order valence-corrected chi connectivity index (χ4v) is 3.05. The highest BCUT2D eigenvalue weighted by atomic mass is 35.5. The van der Waals surface area contributed by atoms with Crippen LogP contribution in [0.2, 0.25) is 10.0 Å². The predicted octanol–water partition coefficient (Wildman–Crippen LogP) is 4.10. The molecule has 2 N–H and O–H groups in total. The summed E-state index contributed by atoms with van der Waals surface area (Å²) in [7, 11) is 0. The molecule has 128 valence electrons. The van der Waals surface area contributed by atoms with Crippen molar-refractivity contribution >= 4 is 41.2 Å². The number of phenolic OH excluding ortho intramolecular Hbond substituents is 1. The first-order valence-corrected chi connectivity index (χ1v) is 8.19. The van der Waals surface area contributed by atoms with E-state index in [0.717, 1.165) is 16.0 Å². The van der Waals surface area contributed by atoms with Gasteiger partial charge in [-0.15, -0.1) is 0 Å². The number of rotatable bonds is 3. The second-order valence-corrected chi connectivity index (χ2v) is 6.52. The lowest BCUT2D eigenvalue weighted by Crippen LogP contribution is -2.30. The maximum atomic E-state index is 12.5. The second-order valence-electron chi connectivity index (χ2n) is 5.70. The van der Waals surface area contributed by atoms with E-state index in [0.29, 0.717) is 5.56 Å². The summed E-state index contributed by atoms with van der Waals surface area (Å²) >= 11 is 11.7. The first kappa shape index (κ1) is 17.3. The van der Waals surface area contributed by atoms with Gasteiger partial charge in [0.25, 0.3) is 5.91 Å². The molecule has 7 heteroatoms. The minimum Gasteiger partial charge on any atom is -0.505 e. The van der Waals surface area contributed by atoms with Crippen LogP contribution in [-0.4, -0.2) is 21.9 Å². The molecule has 1 heterocycles. The molecule has 1 aliphatic heterocycles. The molecular formula is C18H14Cl2N2O3. The quantitative estimate of drug-likeness (QED) is 0.625. The monoisotopic (exact) mass is 376 g/mol. The van der Waals surface area contributed by atoms with Gasteiger partial charge in [0, 0.05) is 0 Å². The molecule has 0 aliphatic carbocycles. The van der Waals surface area contributed by atoms with Crippen LogP contribution < -0.4 is 5.32 Å². The van der Waals surface area contributed by atoms with E-state index in [9.17, 15) is 14.7 Å². The number of hydrogen-bond donors (Lipinski definition) is 2. The molecule has 0 bridgehead atoms. The van der Waals surface area contributed by atoms with Crippen molar-refractivity contribution in [2.75, 3.05) is 0 Å². The third-order valence-electron chi connectivity index (χ3n) is 3.74.